The van der Waals surface area contributed by atoms with Gasteiger partial charge in [0.1, 0.15) is 0 Å². The molecule has 54 valence electrons. The van der Waals surface area contributed by atoms with Crippen molar-refractivity contribution in [2.24, 2.45) is 12.8 Å². The van der Waals surface area contributed by atoms with Crippen molar-refractivity contribution >= 4 is 5.91 Å². The zero-order valence-electron chi connectivity index (χ0n) is 5.74. The van der Waals surface area contributed by atoms with Crippen molar-refractivity contribution < 1.29 is 4.79 Å². The Bertz CT molecular complexity index is 241. The largest absolute Gasteiger partial charge is 0.369 e. The van der Waals surface area contributed by atoms with Crippen LogP contribution < -0.4 is 5.73 Å². The Hall–Kier alpha value is -1.32. The van der Waals surface area contributed by atoms with E-state index in [-0.39, 0.29) is 12.3 Å². The fraction of sp³-hybridized carbons (Fsp3) is 0.333. The van der Waals surface area contributed by atoms with E-state index >= 15 is 0 Å². The van der Waals surface area contributed by atoms with Crippen molar-refractivity contribution in [1.82, 2.24) is 9.55 Å². The molecule has 4 nitrogen and oxygen atoms in total. The van der Waals surface area contributed by atoms with Gasteiger partial charge >= 0.3 is 0 Å². The number of primary amides is 1. The van der Waals surface area contributed by atoms with Gasteiger partial charge in [0, 0.05) is 18.9 Å². The highest BCUT2D eigenvalue weighted by Gasteiger charge is 2.00. The van der Waals surface area contributed by atoms with Crippen LogP contribution in [0.5, 0.6) is 0 Å². The van der Waals surface area contributed by atoms with E-state index in [0.717, 1.165) is 5.69 Å². The minimum Gasteiger partial charge on any atom is -0.369 e. The number of nitrogens with zero attached hydrogens (tertiary/aromatic N) is 2. The molecule has 0 aliphatic rings. The maximum Gasteiger partial charge on any atom is 0.223 e. The van der Waals surface area contributed by atoms with Gasteiger partial charge in [-0.3, -0.25) is 4.79 Å². The molecule has 0 unspecified atom stereocenters. The van der Waals surface area contributed by atoms with Crippen molar-refractivity contribution in [2.75, 3.05) is 0 Å². The molecule has 10 heavy (non-hydrogen) atoms. The summed E-state index contributed by atoms with van der Waals surface area (Å²) >= 11 is 0. The summed E-state index contributed by atoms with van der Waals surface area (Å²) in [5.74, 6) is -0.330. The standard InChI is InChI=1S/C6H9N3O/c1-9-4-8-3-5(9)2-6(7)10/h3-4H,2H2,1H3,(H2,7,10). The van der Waals surface area contributed by atoms with E-state index in [1.165, 1.54) is 0 Å². The number of aromatic nitrogens is 2. The van der Waals surface area contributed by atoms with Gasteiger partial charge in [-0.25, -0.2) is 4.98 Å². The number of imidazole rings is 1. The first-order valence-electron chi connectivity index (χ1n) is 2.93. The van der Waals surface area contributed by atoms with E-state index < -0.39 is 0 Å². The van der Waals surface area contributed by atoms with Crippen LogP contribution in [0, 0.1) is 0 Å². The van der Waals surface area contributed by atoms with E-state index in [1.807, 2.05) is 7.05 Å². The minimum absolute atomic E-state index is 0.260. The van der Waals surface area contributed by atoms with E-state index in [0.29, 0.717) is 0 Å². The van der Waals surface area contributed by atoms with Crippen LogP contribution in [0.2, 0.25) is 0 Å². The Morgan fingerprint density at radius 2 is 2.60 bits per heavy atom. The first-order valence-corrected chi connectivity index (χ1v) is 2.93. The highest BCUT2D eigenvalue weighted by molar-refractivity contribution is 5.76. The Morgan fingerprint density at radius 3 is 3.00 bits per heavy atom. The lowest BCUT2D eigenvalue weighted by Crippen LogP contribution is -2.15. The minimum atomic E-state index is -0.330. The van der Waals surface area contributed by atoms with Gasteiger partial charge in [0.25, 0.3) is 0 Å². The lowest BCUT2D eigenvalue weighted by Gasteiger charge is -1.95. The molecule has 4 heteroatoms. The lowest BCUT2D eigenvalue weighted by atomic mass is 10.3. The maximum atomic E-state index is 10.4. The van der Waals surface area contributed by atoms with Gasteiger partial charge in [0.15, 0.2) is 0 Å². The molecule has 1 amide bonds. The van der Waals surface area contributed by atoms with Crippen molar-refractivity contribution in [1.29, 1.82) is 0 Å². The highest BCUT2D eigenvalue weighted by atomic mass is 16.1. The lowest BCUT2D eigenvalue weighted by molar-refractivity contribution is -0.117. The van der Waals surface area contributed by atoms with Crippen molar-refractivity contribution in [3.05, 3.63) is 18.2 Å². The predicted octanol–water partition coefficient (Wildman–Crippen LogP) is -0.552. The average molecular weight is 139 g/mol. The molecule has 1 rings (SSSR count). The zero-order valence-corrected chi connectivity index (χ0v) is 5.74. The number of nitrogens with two attached hydrogens (primary N) is 1. The third kappa shape index (κ3) is 1.34. The van der Waals surface area contributed by atoms with E-state index in [4.69, 9.17) is 5.73 Å². The van der Waals surface area contributed by atoms with Gasteiger partial charge in [-0.05, 0) is 0 Å². The van der Waals surface area contributed by atoms with Crippen molar-refractivity contribution in [2.45, 2.75) is 6.42 Å². The maximum absolute atomic E-state index is 10.4. The topological polar surface area (TPSA) is 60.9 Å². The monoisotopic (exact) mass is 139 g/mol. The van der Waals surface area contributed by atoms with Crippen LogP contribution in [0.4, 0.5) is 0 Å². The predicted molar refractivity (Wildman–Crippen MR) is 36.1 cm³/mol. The second-order valence-electron chi connectivity index (χ2n) is 2.14. The van der Waals surface area contributed by atoms with E-state index in [9.17, 15) is 4.79 Å². The van der Waals surface area contributed by atoms with Crippen LogP contribution in [0.25, 0.3) is 0 Å². The second kappa shape index (κ2) is 2.51. The number of carbonyl (C=O) groups excluding carboxylic acids is 1. The SMILES string of the molecule is Cn1cncc1CC(N)=O. The first kappa shape index (κ1) is 6.80. The van der Waals surface area contributed by atoms with Gasteiger partial charge in [0.05, 0.1) is 12.7 Å². The number of hydrogen-bond donors (Lipinski definition) is 1. The fourth-order valence-corrected chi connectivity index (χ4v) is 0.733. The molecule has 0 saturated carbocycles. The summed E-state index contributed by atoms with van der Waals surface area (Å²) in [7, 11) is 1.82. The van der Waals surface area contributed by atoms with Crippen LogP contribution in [-0.4, -0.2) is 15.5 Å². The van der Waals surface area contributed by atoms with Gasteiger partial charge in [-0.15, -0.1) is 0 Å². The molecule has 1 aromatic heterocycles. The number of amides is 1. The molecular formula is C6H9N3O. The molecule has 0 radical (unpaired) electrons. The van der Waals surface area contributed by atoms with E-state index in [2.05, 4.69) is 4.98 Å². The third-order valence-corrected chi connectivity index (χ3v) is 1.27. The number of hydrogen-bond acceptors (Lipinski definition) is 2. The zero-order chi connectivity index (χ0) is 7.56. The average Bonchev–Trinajstić information content (AvgIpc) is 2.15. The summed E-state index contributed by atoms with van der Waals surface area (Å²) in [6.45, 7) is 0. The number of rotatable bonds is 2. The Kier molecular flexibility index (Phi) is 1.71. The molecule has 2 N–H and O–H groups in total. The van der Waals surface area contributed by atoms with Crippen LogP contribution in [0.15, 0.2) is 12.5 Å². The van der Waals surface area contributed by atoms with Gasteiger partial charge in [0.2, 0.25) is 5.91 Å². The van der Waals surface area contributed by atoms with Crippen LogP contribution in [-0.2, 0) is 18.3 Å². The fourth-order valence-electron chi connectivity index (χ4n) is 0.733. The Labute approximate surface area is 58.7 Å². The molecule has 0 aliphatic heterocycles. The summed E-state index contributed by atoms with van der Waals surface area (Å²) in [4.78, 5) is 14.2. The number of aryl methyl sites for hydroxylation is 1. The summed E-state index contributed by atoms with van der Waals surface area (Å²) in [6, 6.07) is 0. The van der Waals surface area contributed by atoms with Crippen LogP contribution in [0.1, 0.15) is 5.69 Å². The highest BCUT2D eigenvalue weighted by Crippen LogP contribution is 1.95. The van der Waals surface area contributed by atoms with Gasteiger partial charge < -0.3 is 10.3 Å². The second-order valence-corrected chi connectivity index (χ2v) is 2.14. The normalized spacial score (nSPS) is 9.70. The molecule has 0 aliphatic carbocycles. The number of carbonyl (C=O) groups is 1. The summed E-state index contributed by atoms with van der Waals surface area (Å²) in [5, 5.41) is 0. The quantitative estimate of drug-likeness (QED) is 0.597. The summed E-state index contributed by atoms with van der Waals surface area (Å²) < 4.78 is 1.77. The first-order chi connectivity index (χ1) is 4.70. The van der Waals surface area contributed by atoms with Gasteiger partial charge in [-0.1, -0.05) is 0 Å². The van der Waals surface area contributed by atoms with Crippen LogP contribution in [0.3, 0.4) is 0 Å². The van der Waals surface area contributed by atoms with Gasteiger partial charge in [-0.2, -0.15) is 0 Å². The molecule has 1 heterocycles. The van der Waals surface area contributed by atoms with Crippen molar-refractivity contribution in [3.63, 3.8) is 0 Å². The molecule has 0 saturated heterocycles. The molecule has 1 aromatic rings. The Morgan fingerprint density at radius 1 is 1.90 bits per heavy atom. The molecular weight excluding hydrogens is 130 g/mol. The summed E-state index contributed by atoms with van der Waals surface area (Å²) in [5.41, 5.74) is 5.81. The van der Waals surface area contributed by atoms with Crippen molar-refractivity contribution in [3.8, 4) is 0 Å². The third-order valence-electron chi connectivity index (χ3n) is 1.27. The molecule has 0 atom stereocenters. The van der Waals surface area contributed by atoms with E-state index in [1.54, 1.807) is 17.1 Å². The molecule has 0 spiro atoms. The molecule has 0 aromatic carbocycles. The van der Waals surface area contributed by atoms with Crippen LogP contribution >= 0.6 is 0 Å². The summed E-state index contributed by atoms with van der Waals surface area (Å²) in [6.07, 6.45) is 3.53. The smallest absolute Gasteiger partial charge is 0.223 e. The molecule has 0 fully saturated rings. The Balaban J connectivity index is 2.74. The molecule has 0 bridgehead atoms.